The van der Waals surface area contributed by atoms with Gasteiger partial charge in [-0.2, -0.15) is 0 Å². The Hall–Kier alpha value is -3.74. The van der Waals surface area contributed by atoms with Gasteiger partial charge < -0.3 is 9.30 Å². The number of hydrogen-bond donors (Lipinski definition) is 0. The van der Waals surface area contributed by atoms with Crippen molar-refractivity contribution in [2.75, 3.05) is 7.11 Å². The van der Waals surface area contributed by atoms with E-state index in [0.717, 1.165) is 5.56 Å². The minimum absolute atomic E-state index is 0.118. The molecule has 0 aliphatic heterocycles. The predicted molar refractivity (Wildman–Crippen MR) is 109 cm³/mol. The van der Waals surface area contributed by atoms with Crippen molar-refractivity contribution in [3.63, 3.8) is 0 Å². The Kier molecular flexibility index (Phi) is 4.95. The Morgan fingerprint density at radius 3 is 2.59 bits per heavy atom. The zero-order valence-electron chi connectivity index (χ0n) is 16.2. The number of benzene rings is 1. The second kappa shape index (κ2) is 7.71. The highest BCUT2D eigenvalue weighted by atomic mass is 16.5. The maximum Gasteiger partial charge on any atom is 0.339 e. The Balaban J connectivity index is 1.77. The molecule has 4 aromatic rings. The molecule has 0 saturated carbocycles. The first-order valence-electron chi connectivity index (χ1n) is 9.18. The van der Waals surface area contributed by atoms with Crippen LogP contribution < -0.4 is 5.56 Å². The Morgan fingerprint density at radius 1 is 1.10 bits per heavy atom. The molecular formula is C22H20N4O3. The molecule has 0 bridgehead atoms. The van der Waals surface area contributed by atoms with Gasteiger partial charge in [-0.15, -0.1) is 0 Å². The van der Waals surface area contributed by atoms with E-state index < -0.39 is 5.97 Å². The second-order valence-corrected chi connectivity index (χ2v) is 6.77. The van der Waals surface area contributed by atoms with Gasteiger partial charge in [-0.05, 0) is 23.8 Å². The van der Waals surface area contributed by atoms with Crippen LogP contribution in [0, 0.1) is 0 Å². The Bertz CT molecular complexity index is 1220. The zero-order chi connectivity index (χ0) is 20.4. The molecular weight excluding hydrogens is 368 g/mol. The highest BCUT2D eigenvalue weighted by Gasteiger charge is 2.15. The molecule has 3 heterocycles. The minimum atomic E-state index is -0.446. The fraction of sp³-hybridized carbons (Fsp3) is 0.182. The maximum atomic E-state index is 13.2. The third-order valence-electron chi connectivity index (χ3n) is 4.83. The van der Waals surface area contributed by atoms with Gasteiger partial charge in [0, 0.05) is 25.9 Å². The second-order valence-electron chi connectivity index (χ2n) is 6.77. The molecule has 7 nitrogen and oxygen atoms in total. The number of aromatic nitrogens is 4. The van der Waals surface area contributed by atoms with Crippen LogP contribution >= 0.6 is 0 Å². The summed E-state index contributed by atoms with van der Waals surface area (Å²) in [7, 11) is 3.16. The summed E-state index contributed by atoms with van der Waals surface area (Å²) in [5.41, 5.74) is 3.19. The third-order valence-corrected chi connectivity index (χ3v) is 4.83. The van der Waals surface area contributed by atoms with Gasteiger partial charge in [0.1, 0.15) is 11.3 Å². The number of pyridine rings is 1. The number of carbonyl (C=O) groups excluding carboxylic acids is 1. The van der Waals surface area contributed by atoms with E-state index in [1.165, 1.54) is 13.3 Å². The van der Waals surface area contributed by atoms with Crippen molar-refractivity contribution in [1.82, 2.24) is 19.1 Å². The standard InChI is InChI=1S/C22H20N4O3/c1-25-11-10-18-20(25)21(27)26(19(24-18)12-15-6-4-3-5-7-15)14-17-9-8-16(13-23-17)22(28)29-2/h3-11,13H,12,14H2,1-2H3. The SMILES string of the molecule is COC(=O)c1ccc(Cn2c(Cc3ccccc3)nc3ccn(C)c3c2=O)nc1. The van der Waals surface area contributed by atoms with Crippen molar-refractivity contribution >= 4 is 17.0 Å². The lowest BCUT2D eigenvalue weighted by atomic mass is 10.1. The van der Waals surface area contributed by atoms with Crippen molar-refractivity contribution in [3.8, 4) is 0 Å². The number of fused-ring (bicyclic) bond motifs is 1. The van der Waals surface area contributed by atoms with Gasteiger partial charge in [0.15, 0.2) is 0 Å². The first-order chi connectivity index (χ1) is 14.1. The van der Waals surface area contributed by atoms with E-state index in [0.29, 0.717) is 34.5 Å². The number of nitrogens with zero attached hydrogens (tertiary/aromatic N) is 4. The van der Waals surface area contributed by atoms with Gasteiger partial charge in [0.2, 0.25) is 0 Å². The van der Waals surface area contributed by atoms with Crippen LogP contribution in [-0.4, -0.2) is 32.2 Å². The predicted octanol–water partition coefficient (Wildman–Crippen LogP) is 2.56. The van der Waals surface area contributed by atoms with Crippen LogP contribution in [0.15, 0.2) is 65.7 Å². The molecule has 0 unspecified atom stereocenters. The van der Waals surface area contributed by atoms with E-state index in [1.807, 2.05) is 49.6 Å². The zero-order valence-corrected chi connectivity index (χ0v) is 16.2. The summed E-state index contributed by atoms with van der Waals surface area (Å²) >= 11 is 0. The average molecular weight is 388 g/mol. The number of ether oxygens (including phenoxy) is 1. The molecule has 0 N–H and O–H groups in total. The molecule has 0 amide bonds. The molecule has 0 saturated heterocycles. The summed E-state index contributed by atoms with van der Waals surface area (Å²) < 4.78 is 8.13. The van der Waals surface area contributed by atoms with E-state index in [1.54, 1.807) is 21.3 Å². The molecule has 0 aliphatic rings. The molecule has 0 aliphatic carbocycles. The first kappa shape index (κ1) is 18.6. The molecule has 0 radical (unpaired) electrons. The number of methoxy groups -OCH3 is 1. The molecule has 29 heavy (non-hydrogen) atoms. The van der Waals surface area contributed by atoms with Crippen LogP contribution in [0.25, 0.3) is 11.0 Å². The van der Waals surface area contributed by atoms with Crippen molar-refractivity contribution in [2.45, 2.75) is 13.0 Å². The summed E-state index contributed by atoms with van der Waals surface area (Å²) in [6.45, 7) is 0.260. The number of esters is 1. The number of rotatable bonds is 5. The average Bonchev–Trinajstić information content (AvgIpc) is 3.12. The largest absolute Gasteiger partial charge is 0.465 e. The van der Waals surface area contributed by atoms with Crippen LogP contribution in [0.1, 0.15) is 27.4 Å². The Morgan fingerprint density at radius 2 is 1.90 bits per heavy atom. The lowest BCUT2D eigenvalue weighted by molar-refractivity contribution is 0.0600. The van der Waals surface area contributed by atoms with Gasteiger partial charge in [-0.3, -0.25) is 14.3 Å². The first-order valence-corrected chi connectivity index (χ1v) is 9.18. The van der Waals surface area contributed by atoms with E-state index in [9.17, 15) is 9.59 Å². The van der Waals surface area contributed by atoms with Crippen LogP contribution in [0.3, 0.4) is 0 Å². The molecule has 0 spiro atoms. The van der Waals surface area contributed by atoms with E-state index in [-0.39, 0.29) is 12.1 Å². The van der Waals surface area contributed by atoms with Crippen molar-refractivity contribution in [1.29, 1.82) is 0 Å². The van der Waals surface area contributed by atoms with Crippen molar-refractivity contribution in [3.05, 3.63) is 93.9 Å². The summed E-state index contributed by atoms with van der Waals surface area (Å²) in [5.74, 6) is 0.219. The van der Waals surface area contributed by atoms with Gasteiger partial charge in [0.05, 0.1) is 30.4 Å². The smallest absolute Gasteiger partial charge is 0.339 e. The van der Waals surface area contributed by atoms with Gasteiger partial charge in [-0.1, -0.05) is 30.3 Å². The quantitative estimate of drug-likeness (QED) is 0.491. The van der Waals surface area contributed by atoms with Crippen LogP contribution in [0.2, 0.25) is 0 Å². The van der Waals surface area contributed by atoms with Crippen LogP contribution in [-0.2, 0) is 24.8 Å². The molecule has 0 fully saturated rings. The molecule has 146 valence electrons. The van der Waals surface area contributed by atoms with E-state index >= 15 is 0 Å². The van der Waals surface area contributed by atoms with Gasteiger partial charge >= 0.3 is 5.97 Å². The lowest BCUT2D eigenvalue weighted by Crippen LogP contribution is -2.27. The summed E-state index contributed by atoms with van der Waals surface area (Å²) in [6, 6.07) is 15.1. The summed E-state index contributed by atoms with van der Waals surface area (Å²) in [6.07, 6.45) is 3.82. The number of carbonyl (C=O) groups is 1. The van der Waals surface area contributed by atoms with Gasteiger partial charge in [-0.25, -0.2) is 9.78 Å². The summed E-state index contributed by atoms with van der Waals surface area (Å²) in [5, 5.41) is 0. The molecule has 3 aromatic heterocycles. The number of aryl methyl sites for hydroxylation is 1. The molecule has 4 rings (SSSR count). The highest BCUT2D eigenvalue weighted by Crippen LogP contribution is 2.14. The van der Waals surface area contributed by atoms with Crippen molar-refractivity contribution < 1.29 is 9.53 Å². The highest BCUT2D eigenvalue weighted by molar-refractivity contribution is 5.88. The molecule has 0 atom stereocenters. The van der Waals surface area contributed by atoms with Gasteiger partial charge in [0.25, 0.3) is 5.56 Å². The maximum absolute atomic E-state index is 13.2. The minimum Gasteiger partial charge on any atom is -0.465 e. The van der Waals surface area contributed by atoms with Crippen LogP contribution in [0.5, 0.6) is 0 Å². The topological polar surface area (TPSA) is 79.0 Å². The third kappa shape index (κ3) is 3.67. The fourth-order valence-corrected chi connectivity index (χ4v) is 3.31. The monoisotopic (exact) mass is 388 g/mol. The van der Waals surface area contributed by atoms with Crippen LogP contribution in [0.4, 0.5) is 0 Å². The van der Waals surface area contributed by atoms with Crippen molar-refractivity contribution in [2.24, 2.45) is 7.05 Å². The fourth-order valence-electron chi connectivity index (χ4n) is 3.31. The summed E-state index contributed by atoms with van der Waals surface area (Å²) in [4.78, 5) is 33.9. The molecule has 1 aromatic carbocycles. The van der Waals surface area contributed by atoms with E-state index in [2.05, 4.69) is 4.98 Å². The normalized spacial score (nSPS) is 11.0. The Labute approximate surface area is 167 Å². The number of hydrogen-bond acceptors (Lipinski definition) is 5. The van der Waals surface area contributed by atoms with E-state index in [4.69, 9.17) is 9.72 Å². The lowest BCUT2D eigenvalue weighted by Gasteiger charge is -2.13. The molecule has 7 heteroatoms.